The third-order valence-corrected chi connectivity index (χ3v) is 2.70. The summed E-state index contributed by atoms with van der Waals surface area (Å²) in [6.45, 7) is 11.5. The molecule has 2 heteroatoms. The molecule has 0 spiro atoms. The molecule has 0 amide bonds. The van der Waals surface area contributed by atoms with Gasteiger partial charge in [-0.25, -0.2) is 0 Å². The van der Waals surface area contributed by atoms with Crippen molar-refractivity contribution in [2.24, 2.45) is 11.3 Å². The van der Waals surface area contributed by atoms with Gasteiger partial charge in [0.05, 0.1) is 0 Å². The molecule has 0 bridgehead atoms. The second-order valence-electron chi connectivity index (χ2n) is 4.47. The Bertz CT molecular complexity index is 162. The van der Waals surface area contributed by atoms with Crippen molar-refractivity contribution in [1.29, 1.82) is 0 Å². The lowest BCUT2D eigenvalue weighted by atomic mass is 9.82. The fraction of sp³-hybridized carbons (Fsp3) is 0.800. The summed E-state index contributed by atoms with van der Waals surface area (Å²) in [6, 6.07) is 0. The molecule has 0 fully saturated rings. The van der Waals surface area contributed by atoms with Crippen LogP contribution in [0.4, 0.5) is 0 Å². The molecular weight excluding hydrogens is 164 g/mol. The van der Waals surface area contributed by atoms with Crippen molar-refractivity contribution in [2.45, 2.75) is 33.9 Å². The summed E-state index contributed by atoms with van der Waals surface area (Å²) in [7, 11) is -0.908. The van der Waals surface area contributed by atoms with Gasteiger partial charge >= 0.3 is 0 Å². The predicted octanol–water partition coefficient (Wildman–Crippen LogP) is 2.28. The smallest absolute Gasteiger partial charge is 0.170 e. The van der Waals surface area contributed by atoms with Gasteiger partial charge in [0.25, 0.3) is 0 Å². The van der Waals surface area contributed by atoms with Crippen LogP contribution in [0.25, 0.3) is 0 Å². The van der Waals surface area contributed by atoms with Gasteiger partial charge in [0.1, 0.15) is 0 Å². The van der Waals surface area contributed by atoms with Gasteiger partial charge in [0, 0.05) is 12.5 Å². The van der Waals surface area contributed by atoms with Crippen LogP contribution < -0.4 is 0 Å². The maximum Gasteiger partial charge on any atom is 0.170 e. The maximum atomic E-state index is 5.62. The molecule has 1 unspecified atom stereocenters. The van der Waals surface area contributed by atoms with E-state index in [1.54, 1.807) is 0 Å². The zero-order chi connectivity index (χ0) is 9.78. The highest BCUT2D eigenvalue weighted by Gasteiger charge is 2.22. The lowest BCUT2D eigenvalue weighted by molar-refractivity contribution is 0.192. The normalized spacial score (nSPS) is 14.4. The van der Waals surface area contributed by atoms with Crippen molar-refractivity contribution in [2.75, 3.05) is 6.61 Å². The van der Waals surface area contributed by atoms with Gasteiger partial charge in [0.15, 0.2) is 9.04 Å². The lowest BCUT2D eigenvalue weighted by Gasteiger charge is -2.26. The Morgan fingerprint density at radius 2 is 1.92 bits per heavy atom. The van der Waals surface area contributed by atoms with E-state index in [9.17, 15) is 0 Å². The molecule has 0 saturated heterocycles. The van der Waals surface area contributed by atoms with E-state index in [1.807, 2.05) is 0 Å². The second-order valence-corrected chi connectivity index (χ2v) is 6.90. The van der Waals surface area contributed by atoms with Crippen LogP contribution in [0.2, 0.25) is 13.1 Å². The molecule has 0 saturated carbocycles. The van der Waals surface area contributed by atoms with Crippen molar-refractivity contribution >= 4 is 9.04 Å². The average molecular weight is 184 g/mol. The molecule has 0 heterocycles. The fourth-order valence-corrected chi connectivity index (χ4v) is 1.41. The minimum atomic E-state index is -0.908. The number of terminal acetylenes is 1. The van der Waals surface area contributed by atoms with Gasteiger partial charge in [0.2, 0.25) is 0 Å². The Kier molecular flexibility index (Phi) is 4.58. The van der Waals surface area contributed by atoms with E-state index in [4.69, 9.17) is 10.8 Å². The molecule has 70 valence electrons. The molecule has 0 aromatic heterocycles. The monoisotopic (exact) mass is 184 g/mol. The zero-order valence-electron chi connectivity index (χ0n) is 8.85. The van der Waals surface area contributed by atoms with E-state index in [0.717, 1.165) is 6.61 Å². The topological polar surface area (TPSA) is 9.23 Å². The van der Waals surface area contributed by atoms with E-state index in [-0.39, 0.29) is 11.3 Å². The van der Waals surface area contributed by atoms with Crippen molar-refractivity contribution in [1.82, 2.24) is 0 Å². The Morgan fingerprint density at radius 3 is 2.17 bits per heavy atom. The molecule has 12 heavy (non-hydrogen) atoms. The number of hydrogen-bond acceptors (Lipinski definition) is 1. The van der Waals surface area contributed by atoms with Crippen molar-refractivity contribution in [3.63, 3.8) is 0 Å². The second kappa shape index (κ2) is 4.69. The summed E-state index contributed by atoms with van der Waals surface area (Å²) in [4.78, 5) is 0. The summed E-state index contributed by atoms with van der Waals surface area (Å²) in [5, 5.41) is 0. The Morgan fingerprint density at radius 1 is 1.42 bits per heavy atom. The van der Waals surface area contributed by atoms with E-state index in [1.165, 1.54) is 0 Å². The largest absolute Gasteiger partial charge is 0.419 e. The van der Waals surface area contributed by atoms with Crippen molar-refractivity contribution < 1.29 is 4.43 Å². The highest BCUT2D eigenvalue weighted by atomic mass is 28.3. The van der Waals surface area contributed by atoms with Crippen LogP contribution in [0.5, 0.6) is 0 Å². The summed E-state index contributed by atoms with van der Waals surface area (Å²) in [5.41, 5.74) is 0.165. The minimum absolute atomic E-state index is 0.165. The summed E-state index contributed by atoms with van der Waals surface area (Å²) in [5.74, 6) is 3.04. The van der Waals surface area contributed by atoms with Crippen LogP contribution in [-0.2, 0) is 4.43 Å². The molecule has 0 aliphatic carbocycles. The highest BCUT2D eigenvalue weighted by Crippen LogP contribution is 2.25. The van der Waals surface area contributed by atoms with Crippen molar-refractivity contribution in [3.05, 3.63) is 0 Å². The van der Waals surface area contributed by atoms with Gasteiger partial charge in [-0.1, -0.05) is 20.8 Å². The van der Waals surface area contributed by atoms with Gasteiger partial charge in [-0.05, 0) is 18.5 Å². The number of hydrogen-bond donors (Lipinski definition) is 0. The average Bonchev–Trinajstić information content (AvgIpc) is 1.85. The number of rotatable bonds is 3. The first-order valence-corrected chi connectivity index (χ1v) is 7.23. The van der Waals surface area contributed by atoms with Crippen LogP contribution in [0.15, 0.2) is 0 Å². The molecule has 0 radical (unpaired) electrons. The Labute approximate surface area is 78.2 Å². The first-order valence-electron chi connectivity index (χ1n) is 4.45. The molecular formula is C10H20OSi. The summed E-state index contributed by atoms with van der Waals surface area (Å²) >= 11 is 0. The molecule has 0 aliphatic heterocycles. The first kappa shape index (κ1) is 11.7. The van der Waals surface area contributed by atoms with Crippen LogP contribution >= 0.6 is 0 Å². The molecule has 1 nitrogen and oxygen atoms in total. The standard InChI is InChI=1S/C10H20OSi/c1-7-9(10(2,3)4)8-11-12(5)6/h1,9,12H,8H2,2-6H3. The van der Waals surface area contributed by atoms with E-state index < -0.39 is 9.04 Å². The predicted molar refractivity (Wildman–Crippen MR) is 56.6 cm³/mol. The Hall–Kier alpha value is -0.263. The SMILES string of the molecule is C#CC(CO[SiH](C)C)C(C)(C)C. The van der Waals surface area contributed by atoms with Crippen LogP contribution in [0.1, 0.15) is 20.8 Å². The maximum absolute atomic E-state index is 5.62. The molecule has 0 aliphatic rings. The fourth-order valence-electron chi connectivity index (χ4n) is 0.837. The molecule has 1 atom stereocenters. The molecule has 0 rings (SSSR count). The third kappa shape index (κ3) is 4.58. The van der Waals surface area contributed by atoms with Crippen molar-refractivity contribution in [3.8, 4) is 12.3 Å². The van der Waals surface area contributed by atoms with Gasteiger partial charge in [-0.3, -0.25) is 0 Å². The van der Waals surface area contributed by atoms with Crippen LogP contribution in [-0.4, -0.2) is 15.6 Å². The van der Waals surface area contributed by atoms with Gasteiger partial charge in [-0.15, -0.1) is 12.3 Å². The van der Waals surface area contributed by atoms with E-state index >= 15 is 0 Å². The summed E-state index contributed by atoms with van der Waals surface area (Å²) in [6.07, 6.45) is 5.43. The van der Waals surface area contributed by atoms with Crippen LogP contribution in [0.3, 0.4) is 0 Å². The first-order chi connectivity index (χ1) is 5.38. The zero-order valence-corrected chi connectivity index (χ0v) is 10.0. The lowest BCUT2D eigenvalue weighted by Crippen LogP contribution is -2.26. The molecule has 0 aromatic carbocycles. The minimum Gasteiger partial charge on any atom is -0.419 e. The van der Waals surface area contributed by atoms with E-state index in [0.29, 0.717) is 0 Å². The summed E-state index contributed by atoms with van der Waals surface area (Å²) < 4.78 is 5.62. The molecule has 0 N–H and O–H groups in total. The highest BCUT2D eigenvalue weighted by molar-refractivity contribution is 6.48. The van der Waals surface area contributed by atoms with Crippen LogP contribution in [0, 0.1) is 23.7 Å². The van der Waals surface area contributed by atoms with Gasteiger partial charge < -0.3 is 4.43 Å². The Balaban J connectivity index is 3.96. The molecule has 0 aromatic rings. The van der Waals surface area contributed by atoms with E-state index in [2.05, 4.69) is 39.8 Å². The quantitative estimate of drug-likeness (QED) is 0.483. The third-order valence-electron chi connectivity index (χ3n) is 1.84. The van der Waals surface area contributed by atoms with Gasteiger partial charge in [-0.2, -0.15) is 0 Å².